The van der Waals surface area contributed by atoms with Crippen LogP contribution < -0.4 is 0 Å². The van der Waals surface area contributed by atoms with Gasteiger partial charge in [0.1, 0.15) is 5.82 Å². The Morgan fingerprint density at radius 3 is 2.58 bits per heavy atom. The van der Waals surface area contributed by atoms with Gasteiger partial charge in [0.05, 0.1) is 21.7 Å². The van der Waals surface area contributed by atoms with Crippen molar-refractivity contribution in [1.82, 2.24) is 29.9 Å². The van der Waals surface area contributed by atoms with Crippen LogP contribution in [0.3, 0.4) is 0 Å². The Morgan fingerprint density at radius 2 is 1.79 bits per heavy atom. The molecule has 10 heteroatoms. The zero-order valence-electron chi connectivity index (χ0n) is 18.3. The molecule has 0 aliphatic carbocycles. The summed E-state index contributed by atoms with van der Waals surface area (Å²) in [4.78, 5) is 9.24. The molecule has 0 spiro atoms. The molecule has 7 nitrogen and oxygen atoms in total. The fraction of sp³-hybridized carbons (Fsp3) is 0.261. The minimum Gasteiger partial charge on any atom is -0.338 e. The van der Waals surface area contributed by atoms with Crippen LogP contribution in [0, 0.1) is 0 Å². The zero-order chi connectivity index (χ0) is 22.6. The van der Waals surface area contributed by atoms with E-state index in [4.69, 9.17) is 9.51 Å². The van der Waals surface area contributed by atoms with Crippen molar-refractivity contribution in [2.45, 2.75) is 47.8 Å². The summed E-state index contributed by atoms with van der Waals surface area (Å²) >= 11 is 4.96. The van der Waals surface area contributed by atoms with Gasteiger partial charge in [0, 0.05) is 12.1 Å². The van der Waals surface area contributed by atoms with Crippen LogP contribution in [0.25, 0.3) is 21.6 Å². The predicted molar refractivity (Wildman–Crippen MR) is 134 cm³/mol. The quantitative estimate of drug-likeness (QED) is 0.227. The number of hydrogen-bond donors (Lipinski definition) is 0. The predicted octanol–water partition coefficient (Wildman–Crippen LogP) is 6.10. The molecule has 168 valence electrons. The molecule has 0 radical (unpaired) electrons. The molecular formula is C23H22N6OS3. The maximum absolute atomic E-state index is 5.46. The molecular weight excluding hydrogens is 472 g/mol. The number of rotatable bonds is 9. The first-order chi connectivity index (χ1) is 16.2. The molecule has 3 heterocycles. The Kier molecular flexibility index (Phi) is 6.75. The van der Waals surface area contributed by atoms with E-state index in [-0.39, 0.29) is 0 Å². The molecule has 0 aliphatic rings. The molecule has 0 atom stereocenters. The Labute approximate surface area is 204 Å². The number of thioether (sulfide) groups is 2. The third kappa shape index (κ3) is 4.97. The second kappa shape index (κ2) is 10.1. The summed E-state index contributed by atoms with van der Waals surface area (Å²) in [7, 11) is 0. The number of hydrogen-bond acceptors (Lipinski definition) is 9. The van der Waals surface area contributed by atoms with Crippen molar-refractivity contribution < 1.29 is 4.52 Å². The number of aryl methyl sites for hydroxylation is 1. The fourth-order valence-corrected chi connectivity index (χ4v) is 6.20. The van der Waals surface area contributed by atoms with Gasteiger partial charge in [-0.05, 0) is 31.0 Å². The highest BCUT2D eigenvalue weighted by molar-refractivity contribution is 8.00. The van der Waals surface area contributed by atoms with E-state index in [0.717, 1.165) is 45.1 Å². The van der Waals surface area contributed by atoms with Gasteiger partial charge in [0.2, 0.25) is 11.7 Å². The molecule has 0 bridgehead atoms. The van der Waals surface area contributed by atoms with Crippen molar-refractivity contribution in [2.24, 2.45) is 0 Å². The molecule has 0 aliphatic heterocycles. The summed E-state index contributed by atoms with van der Waals surface area (Å²) in [5.41, 5.74) is 3.28. The average molecular weight is 495 g/mol. The van der Waals surface area contributed by atoms with Gasteiger partial charge in [-0.1, -0.05) is 72.0 Å². The smallest absolute Gasteiger partial charge is 0.237 e. The highest BCUT2D eigenvalue weighted by Crippen LogP contribution is 2.32. The van der Waals surface area contributed by atoms with Gasteiger partial charge in [-0.2, -0.15) is 4.98 Å². The molecule has 3 aromatic heterocycles. The molecule has 5 rings (SSSR count). The molecule has 0 N–H and O–H groups in total. The van der Waals surface area contributed by atoms with Gasteiger partial charge in [-0.25, -0.2) is 4.98 Å². The highest BCUT2D eigenvalue weighted by atomic mass is 32.2. The molecule has 5 aromatic rings. The summed E-state index contributed by atoms with van der Waals surface area (Å²) in [6.45, 7) is 5.03. The summed E-state index contributed by atoms with van der Waals surface area (Å²) in [5.74, 6) is 3.39. The maximum Gasteiger partial charge on any atom is 0.237 e. The maximum atomic E-state index is 5.46. The van der Waals surface area contributed by atoms with Crippen LogP contribution >= 0.6 is 34.9 Å². The number of benzene rings is 2. The molecule has 0 fully saturated rings. The van der Waals surface area contributed by atoms with Crippen molar-refractivity contribution in [3.05, 3.63) is 65.8 Å². The van der Waals surface area contributed by atoms with E-state index in [9.17, 15) is 0 Å². The van der Waals surface area contributed by atoms with Crippen LogP contribution in [0.5, 0.6) is 0 Å². The zero-order valence-corrected chi connectivity index (χ0v) is 20.7. The Bertz CT molecular complexity index is 1330. The lowest BCUT2D eigenvalue weighted by molar-refractivity contribution is 0.391. The van der Waals surface area contributed by atoms with Gasteiger partial charge < -0.3 is 9.09 Å². The monoisotopic (exact) mass is 494 g/mol. The molecule has 0 saturated carbocycles. The average Bonchev–Trinajstić information content (AvgIpc) is 3.59. The second-order valence-corrected chi connectivity index (χ2v) is 10.4. The normalized spacial score (nSPS) is 11.5. The molecule has 0 saturated heterocycles. The van der Waals surface area contributed by atoms with Gasteiger partial charge >= 0.3 is 0 Å². The lowest BCUT2D eigenvalue weighted by atomic mass is 10.1. The van der Waals surface area contributed by atoms with E-state index < -0.39 is 0 Å². The summed E-state index contributed by atoms with van der Waals surface area (Å²) in [6, 6.07) is 16.5. The third-order valence-corrected chi connectivity index (χ3v) is 8.25. The topological polar surface area (TPSA) is 82.5 Å². The first kappa shape index (κ1) is 22.1. The van der Waals surface area contributed by atoms with Crippen molar-refractivity contribution in [1.29, 1.82) is 0 Å². The van der Waals surface area contributed by atoms with Crippen molar-refractivity contribution in [3.8, 4) is 11.4 Å². The van der Waals surface area contributed by atoms with E-state index in [1.807, 2.05) is 30.3 Å². The highest BCUT2D eigenvalue weighted by Gasteiger charge is 2.15. The minimum atomic E-state index is 0.545. The lowest BCUT2D eigenvalue weighted by Gasteiger charge is -2.05. The van der Waals surface area contributed by atoms with Crippen LogP contribution in [0.2, 0.25) is 0 Å². The van der Waals surface area contributed by atoms with E-state index in [1.165, 1.54) is 10.3 Å². The fourth-order valence-electron chi connectivity index (χ4n) is 3.34. The van der Waals surface area contributed by atoms with Gasteiger partial charge in [-0.3, -0.25) is 0 Å². The lowest BCUT2D eigenvalue weighted by Crippen LogP contribution is -2.02. The number of thiazole rings is 1. The summed E-state index contributed by atoms with van der Waals surface area (Å²) < 4.78 is 9.84. The molecule has 0 unspecified atom stereocenters. The van der Waals surface area contributed by atoms with Crippen LogP contribution in [0.1, 0.15) is 31.1 Å². The van der Waals surface area contributed by atoms with Crippen LogP contribution in [0.15, 0.2) is 62.6 Å². The van der Waals surface area contributed by atoms with Crippen LogP contribution in [-0.2, 0) is 24.5 Å². The van der Waals surface area contributed by atoms with Crippen LogP contribution in [0.4, 0.5) is 0 Å². The first-order valence-electron chi connectivity index (χ1n) is 10.7. The van der Waals surface area contributed by atoms with Crippen molar-refractivity contribution in [3.63, 3.8) is 0 Å². The van der Waals surface area contributed by atoms with E-state index in [0.29, 0.717) is 17.5 Å². The van der Waals surface area contributed by atoms with Gasteiger partial charge in [-0.15, -0.1) is 21.5 Å². The third-order valence-electron chi connectivity index (χ3n) is 5.12. The standard InChI is InChI=1S/C23H22N6OS3/c1-3-15-9-11-16(12-10-15)21-25-20(30-28-21)14-31-22-27-26-19(29(22)4-2)13-32-23-24-17-7-5-6-8-18(17)33-23/h5-12H,3-4,13-14H2,1-2H3. The molecule has 0 amide bonds. The summed E-state index contributed by atoms with van der Waals surface area (Å²) in [6.07, 6.45) is 1.01. The Morgan fingerprint density at radius 1 is 0.939 bits per heavy atom. The van der Waals surface area contributed by atoms with Gasteiger partial charge in [0.25, 0.3) is 0 Å². The number of nitrogens with zero attached hydrogens (tertiary/aromatic N) is 6. The largest absolute Gasteiger partial charge is 0.338 e. The Hall–Kier alpha value is -2.69. The van der Waals surface area contributed by atoms with Gasteiger partial charge in [0.15, 0.2) is 9.50 Å². The SMILES string of the molecule is CCc1ccc(-c2noc(CSc3nnc(CSc4nc5ccccc5s4)n3CC)n2)cc1. The van der Waals surface area contributed by atoms with Crippen molar-refractivity contribution >= 4 is 45.1 Å². The molecule has 2 aromatic carbocycles. The van der Waals surface area contributed by atoms with E-state index in [1.54, 1.807) is 34.9 Å². The van der Waals surface area contributed by atoms with Crippen LogP contribution in [-0.4, -0.2) is 29.9 Å². The first-order valence-corrected chi connectivity index (χ1v) is 13.5. The van der Waals surface area contributed by atoms with E-state index in [2.05, 4.69) is 57.0 Å². The number of fused-ring (bicyclic) bond motifs is 1. The molecule has 33 heavy (non-hydrogen) atoms. The number of para-hydroxylation sites is 1. The number of aromatic nitrogens is 6. The minimum absolute atomic E-state index is 0.545. The van der Waals surface area contributed by atoms with E-state index >= 15 is 0 Å². The Balaban J connectivity index is 1.22. The second-order valence-electron chi connectivity index (χ2n) is 7.23. The summed E-state index contributed by atoms with van der Waals surface area (Å²) in [5, 5.41) is 13.8. The van der Waals surface area contributed by atoms with Crippen molar-refractivity contribution in [2.75, 3.05) is 0 Å².